The van der Waals surface area contributed by atoms with Crippen LogP contribution in [0.25, 0.3) is 0 Å². The van der Waals surface area contributed by atoms with Crippen LogP contribution in [0.1, 0.15) is 149 Å². The van der Waals surface area contributed by atoms with Gasteiger partial charge in [-0.1, -0.05) is 334 Å². The maximum Gasteiger partial charge on any atom is 0.307 e. The summed E-state index contributed by atoms with van der Waals surface area (Å²) in [6.07, 6.45) is 4.39. The third-order valence-electron chi connectivity index (χ3n) is 19.7. The van der Waals surface area contributed by atoms with E-state index in [1.54, 1.807) is 0 Å². The van der Waals surface area contributed by atoms with Crippen LogP contribution in [-0.2, 0) is 35.2 Å². The van der Waals surface area contributed by atoms with E-state index in [9.17, 15) is 39.0 Å². The SMILES string of the molecule is Cl.Cl.O=C(O)C(CCC(c1ccccc1)c1ccccc1)CNCl.O=C(O)C(CNCl)CC(c1ccccc1)c1ccccc1.O=C(O)CC(CC(c1ccccc1)c1ccccc1)NCl.O=C(O)CC(Cc1ccccc1)NCl.O=C(O)CCNCC(c1ccccc1)c1ccccc1.O=C(O)CCNCCC(c1ccccc1)c1ccccc1. The number of hydrogen-bond acceptors (Lipinski definition) is 12. The lowest BCUT2D eigenvalue weighted by atomic mass is 9.83. The van der Waals surface area contributed by atoms with Gasteiger partial charge in [0, 0.05) is 74.4 Å². The van der Waals surface area contributed by atoms with Gasteiger partial charge >= 0.3 is 35.8 Å². The fourth-order valence-corrected chi connectivity index (χ4v) is 14.3. The van der Waals surface area contributed by atoms with Gasteiger partial charge < -0.3 is 41.3 Å². The van der Waals surface area contributed by atoms with Gasteiger partial charge in [0.1, 0.15) is 0 Å². The topological polar surface area (TPSA) is 296 Å². The van der Waals surface area contributed by atoms with Crippen LogP contribution >= 0.6 is 71.9 Å². The summed E-state index contributed by atoms with van der Waals surface area (Å²) in [5, 5.41) is 59.9. The lowest BCUT2D eigenvalue weighted by Gasteiger charge is -2.22. The van der Waals surface area contributed by atoms with Crippen molar-refractivity contribution in [2.45, 2.75) is 106 Å². The molecule has 0 heterocycles. The second-order valence-corrected chi connectivity index (χ2v) is 29.2. The smallest absolute Gasteiger partial charge is 0.307 e. The zero-order valence-electron chi connectivity index (χ0n) is 67.2. The Labute approximate surface area is 743 Å². The summed E-state index contributed by atoms with van der Waals surface area (Å²) >= 11 is 22.1. The Morgan fingerprint density at radius 3 is 0.818 bits per heavy atom. The first-order valence-electron chi connectivity index (χ1n) is 39.6. The maximum absolute atomic E-state index is 11.4. The van der Waals surface area contributed by atoms with E-state index in [0.29, 0.717) is 44.7 Å². The molecule has 0 fully saturated rings. The Morgan fingerprint density at radius 2 is 0.529 bits per heavy atom. The molecule has 18 nitrogen and oxygen atoms in total. The normalized spacial score (nSPS) is 11.5. The molecule has 0 bridgehead atoms. The molecule has 4 atom stereocenters. The van der Waals surface area contributed by atoms with Gasteiger partial charge in [-0.2, -0.15) is 0 Å². The molecule has 0 aliphatic carbocycles. The molecule has 0 saturated carbocycles. The molecule has 0 amide bonds. The zero-order valence-corrected chi connectivity index (χ0v) is 71.9. The van der Waals surface area contributed by atoms with Gasteiger partial charge in [-0.3, -0.25) is 28.8 Å². The summed E-state index contributed by atoms with van der Waals surface area (Å²) in [5.41, 5.74) is 13.1. The third kappa shape index (κ3) is 41.2. The summed E-state index contributed by atoms with van der Waals surface area (Å²) < 4.78 is 0. The van der Waals surface area contributed by atoms with E-state index in [1.165, 1.54) is 33.4 Å². The number of halogens is 6. The molecule has 0 aliphatic heterocycles. The Morgan fingerprint density at radius 1 is 0.264 bits per heavy atom. The molecule has 642 valence electrons. The maximum atomic E-state index is 11.4. The van der Waals surface area contributed by atoms with Crippen molar-refractivity contribution < 1.29 is 59.4 Å². The van der Waals surface area contributed by atoms with Gasteiger partial charge in [0.05, 0.1) is 37.5 Å². The van der Waals surface area contributed by atoms with E-state index in [4.69, 9.17) is 67.5 Å². The third-order valence-corrected chi connectivity index (χ3v) is 20.6. The highest BCUT2D eigenvalue weighted by atomic mass is 35.5. The lowest BCUT2D eigenvalue weighted by Crippen LogP contribution is -2.27. The summed E-state index contributed by atoms with van der Waals surface area (Å²) in [7, 11) is 0. The summed E-state index contributed by atoms with van der Waals surface area (Å²) in [4.78, 5) is 75.1. The minimum Gasteiger partial charge on any atom is -0.481 e. The number of rotatable bonds is 42. The minimum atomic E-state index is -0.854. The van der Waals surface area contributed by atoms with Crippen LogP contribution in [0.15, 0.2) is 334 Å². The molecule has 11 rings (SSSR count). The molecule has 24 heteroatoms. The number of nitrogens with one attached hydrogen (secondary N) is 6. The Hall–Kier alpha value is -10.3. The van der Waals surface area contributed by atoms with Crippen molar-refractivity contribution in [1.29, 1.82) is 0 Å². The van der Waals surface area contributed by atoms with E-state index < -0.39 is 47.7 Å². The van der Waals surface area contributed by atoms with Gasteiger partial charge in [-0.25, -0.2) is 19.3 Å². The molecular formula is C97H110Cl6N6O12. The van der Waals surface area contributed by atoms with Crippen LogP contribution in [-0.4, -0.2) is 118 Å². The highest BCUT2D eigenvalue weighted by molar-refractivity contribution is 6.14. The minimum absolute atomic E-state index is 0. The average molecular weight is 1760 g/mol. The first-order valence-corrected chi connectivity index (χ1v) is 41.1. The first-order chi connectivity index (χ1) is 57.9. The highest BCUT2D eigenvalue weighted by Crippen LogP contribution is 2.35. The van der Waals surface area contributed by atoms with E-state index in [1.807, 2.05) is 212 Å². The predicted molar refractivity (Wildman–Crippen MR) is 492 cm³/mol. The van der Waals surface area contributed by atoms with Gasteiger partial charge in [-0.05, 0) is 153 Å². The van der Waals surface area contributed by atoms with Gasteiger partial charge in [0.25, 0.3) is 0 Å². The van der Waals surface area contributed by atoms with Gasteiger partial charge in [-0.15, -0.1) is 24.8 Å². The number of carbonyl (C=O) groups is 6. The van der Waals surface area contributed by atoms with Crippen molar-refractivity contribution in [2.24, 2.45) is 11.8 Å². The summed E-state index contributed by atoms with van der Waals surface area (Å²) in [5.74, 6) is -4.96. The van der Waals surface area contributed by atoms with Crippen molar-refractivity contribution >= 4 is 108 Å². The average Bonchev–Trinajstić information content (AvgIpc) is 0.888. The van der Waals surface area contributed by atoms with Gasteiger partial charge in [0.2, 0.25) is 0 Å². The van der Waals surface area contributed by atoms with E-state index >= 15 is 0 Å². The molecule has 0 aliphatic rings. The quantitative estimate of drug-likeness (QED) is 0.0125. The molecule has 0 aromatic heterocycles. The van der Waals surface area contributed by atoms with Crippen molar-refractivity contribution in [3.8, 4) is 0 Å². The van der Waals surface area contributed by atoms with Crippen LogP contribution in [0.4, 0.5) is 0 Å². The monoisotopic (exact) mass is 1760 g/mol. The number of benzene rings is 11. The molecule has 121 heavy (non-hydrogen) atoms. The summed E-state index contributed by atoms with van der Waals surface area (Å²) in [6.45, 7) is 3.07. The molecular weight excluding hydrogens is 1650 g/mol. The Kier molecular flexibility index (Phi) is 52.8. The number of aliphatic carboxylic acids is 6. The standard InChI is InChI=1S/C18H20ClNO2.C18H21NO2.2C17H18ClNO2.C17H19NO2.C10H12ClNO2.2ClH/c19-20-13-16(18(21)22)11-12-17(14-7-3-1-4-8-14)15-9-5-2-6-10-15;20-18(21)12-14-19-13-11-17(15-7-3-1-4-8-15)16-9-5-2-6-10-16;18-19-12-15(17(20)21)11-16(13-7-3-1-4-8-13)14-9-5-2-6-10-14;18-19-15(12-17(20)21)11-16(13-7-3-1-4-8-13)14-9-5-2-6-10-14;19-17(20)11-12-18-13-16(14-7-3-1-4-8-14)15-9-5-2-6-10-15;11-12-9(7-10(13)14)6-8-4-2-1-3-5-8;;/h1-10,16-17,20H,11-13H2,(H,21,22);1-10,17,19H,11-14H2,(H,20,21);2*1-10,15-16,19H,11-12H2,(H,20,21);1-10,16,18H,11-13H2,(H,19,20);1-5,9,12H,6-7H2,(H,13,14);2*1H. The molecule has 11 aromatic rings. The number of carboxylic acids is 6. The first kappa shape index (κ1) is 103. The zero-order chi connectivity index (χ0) is 85.5. The van der Waals surface area contributed by atoms with Crippen LogP contribution in [0, 0.1) is 11.8 Å². The fraction of sp³-hybridized carbons (Fsp3) is 0.258. The van der Waals surface area contributed by atoms with Crippen LogP contribution < -0.4 is 30.0 Å². The van der Waals surface area contributed by atoms with E-state index in [-0.39, 0.29) is 99.3 Å². The second-order valence-electron chi connectivity index (χ2n) is 28.2. The van der Waals surface area contributed by atoms with E-state index in [2.05, 4.69) is 151 Å². The lowest BCUT2D eigenvalue weighted by molar-refractivity contribution is -0.142. The molecule has 4 unspecified atom stereocenters. The number of hydrogen-bond donors (Lipinski definition) is 12. The van der Waals surface area contributed by atoms with Crippen molar-refractivity contribution in [1.82, 2.24) is 30.0 Å². The molecule has 0 saturated heterocycles. The second kappa shape index (κ2) is 61.9. The molecule has 11 aromatic carbocycles. The number of carboxylic acid groups (broad SMARTS) is 6. The van der Waals surface area contributed by atoms with Crippen molar-refractivity contribution in [2.75, 3.05) is 39.3 Å². The van der Waals surface area contributed by atoms with Crippen LogP contribution in [0.5, 0.6) is 0 Å². The largest absolute Gasteiger partial charge is 0.481 e. The molecule has 12 N–H and O–H groups in total. The van der Waals surface area contributed by atoms with Crippen LogP contribution in [0.2, 0.25) is 0 Å². The summed E-state index contributed by atoms with van der Waals surface area (Å²) in [6, 6.07) is 111. The van der Waals surface area contributed by atoms with Crippen molar-refractivity contribution in [3.05, 3.63) is 395 Å². The van der Waals surface area contributed by atoms with Crippen molar-refractivity contribution in [3.63, 3.8) is 0 Å². The molecule has 0 radical (unpaired) electrons. The van der Waals surface area contributed by atoms with Crippen LogP contribution in [0.3, 0.4) is 0 Å². The van der Waals surface area contributed by atoms with E-state index in [0.717, 1.165) is 53.7 Å². The Balaban J connectivity index is 0.000000305. The Bertz CT molecular complexity index is 4360. The predicted octanol–water partition coefficient (Wildman–Crippen LogP) is 20.3. The van der Waals surface area contributed by atoms with Gasteiger partial charge in [0.15, 0.2) is 0 Å². The molecule has 0 spiro atoms. The highest BCUT2D eigenvalue weighted by Gasteiger charge is 2.27. The fourth-order valence-electron chi connectivity index (χ4n) is 13.6.